The minimum absolute atomic E-state index is 0.229. The predicted octanol–water partition coefficient (Wildman–Crippen LogP) is 5.55. The van der Waals surface area contributed by atoms with Crippen LogP contribution in [0.1, 0.15) is 25.5 Å². The van der Waals surface area contributed by atoms with E-state index in [4.69, 9.17) is 38.0 Å². The average molecular weight is 524 g/mol. The maximum Gasteiger partial charge on any atom is 0.236 e. The minimum atomic E-state index is -1.21. The molecular formula is C27H26ClN3O4S. The van der Waals surface area contributed by atoms with Crippen LogP contribution < -0.4 is 29.7 Å². The SMILES string of the molecule is CCOc1cccc2c1OC1(C)C(C(=O)Nc3ccc(Cl)cc3)C2NC(=S)N1c1ccccc1OC. The van der Waals surface area contributed by atoms with Crippen molar-refractivity contribution in [3.8, 4) is 17.2 Å². The molecule has 9 heteroatoms. The summed E-state index contributed by atoms with van der Waals surface area (Å²) in [5.41, 5.74) is 0.904. The zero-order valence-corrected chi connectivity index (χ0v) is 21.7. The number of fused-ring (bicyclic) bond motifs is 4. The highest BCUT2D eigenvalue weighted by atomic mass is 35.5. The fraction of sp³-hybridized carbons (Fsp3) is 0.259. The number of para-hydroxylation sites is 3. The molecule has 2 aliphatic rings. The van der Waals surface area contributed by atoms with Gasteiger partial charge in [-0.25, -0.2) is 0 Å². The topological polar surface area (TPSA) is 72.1 Å². The molecule has 1 amide bonds. The van der Waals surface area contributed by atoms with E-state index in [0.29, 0.717) is 45.4 Å². The Hall–Kier alpha value is -3.49. The second kappa shape index (κ2) is 9.52. The molecule has 0 radical (unpaired) electrons. The van der Waals surface area contributed by atoms with Crippen LogP contribution in [0.2, 0.25) is 5.02 Å². The molecular weight excluding hydrogens is 498 g/mol. The minimum Gasteiger partial charge on any atom is -0.495 e. The van der Waals surface area contributed by atoms with Crippen molar-refractivity contribution in [3.63, 3.8) is 0 Å². The molecule has 0 spiro atoms. The molecule has 2 N–H and O–H groups in total. The Kier molecular flexibility index (Phi) is 6.40. The van der Waals surface area contributed by atoms with Crippen LogP contribution in [0.5, 0.6) is 17.2 Å². The van der Waals surface area contributed by atoms with Crippen LogP contribution in [0.15, 0.2) is 66.7 Å². The van der Waals surface area contributed by atoms with Gasteiger partial charge in [-0.3, -0.25) is 9.69 Å². The van der Waals surface area contributed by atoms with Crippen LogP contribution in [0.25, 0.3) is 0 Å². The first-order valence-corrected chi connectivity index (χ1v) is 12.4. The summed E-state index contributed by atoms with van der Waals surface area (Å²) in [7, 11) is 1.60. The number of ether oxygens (including phenoxy) is 3. The van der Waals surface area contributed by atoms with Crippen molar-refractivity contribution in [2.24, 2.45) is 5.92 Å². The molecule has 186 valence electrons. The summed E-state index contributed by atoms with van der Waals surface area (Å²) in [6.45, 7) is 4.27. The van der Waals surface area contributed by atoms with Gasteiger partial charge in [-0.05, 0) is 68.5 Å². The molecule has 36 heavy (non-hydrogen) atoms. The maximum absolute atomic E-state index is 13.9. The first kappa shape index (κ1) is 24.2. The molecule has 2 bridgehead atoms. The van der Waals surface area contributed by atoms with Crippen LogP contribution in [-0.2, 0) is 4.79 Å². The lowest BCUT2D eigenvalue weighted by Crippen LogP contribution is -2.72. The third kappa shape index (κ3) is 4.00. The number of carbonyl (C=O) groups is 1. The van der Waals surface area contributed by atoms with Gasteiger partial charge >= 0.3 is 0 Å². The van der Waals surface area contributed by atoms with Gasteiger partial charge in [-0.1, -0.05) is 35.9 Å². The number of benzene rings is 3. The number of nitrogens with zero attached hydrogens (tertiary/aromatic N) is 1. The van der Waals surface area contributed by atoms with Crippen molar-refractivity contribution in [2.75, 3.05) is 23.9 Å². The van der Waals surface area contributed by atoms with Crippen molar-refractivity contribution in [1.29, 1.82) is 0 Å². The normalized spacial score (nSPS) is 22.1. The Labute approximate surface area is 220 Å². The number of thiocarbonyl (C=S) groups is 1. The quantitative estimate of drug-likeness (QED) is 0.411. The van der Waals surface area contributed by atoms with E-state index in [1.54, 1.807) is 31.4 Å². The molecule has 2 heterocycles. The van der Waals surface area contributed by atoms with Gasteiger partial charge in [0.05, 0.1) is 25.4 Å². The summed E-state index contributed by atoms with van der Waals surface area (Å²) in [4.78, 5) is 15.7. The monoisotopic (exact) mass is 523 g/mol. The molecule has 0 saturated carbocycles. The lowest BCUT2D eigenvalue weighted by atomic mass is 9.78. The Morgan fingerprint density at radius 3 is 2.58 bits per heavy atom. The van der Waals surface area contributed by atoms with Crippen molar-refractivity contribution < 1.29 is 19.0 Å². The largest absolute Gasteiger partial charge is 0.495 e. The first-order valence-electron chi connectivity index (χ1n) is 11.6. The number of amides is 1. The van der Waals surface area contributed by atoms with E-state index in [0.717, 1.165) is 5.56 Å². The van der Waals surface area contributed by atoms with Gasteiger partial charge in [0, 0.05) is 16.3 Å². The van der Waals surface area contributed by atoms with Crippen LogP contribution in [0, 0.1) is 5.92 Å². The summed E-state index contributed by atoms with van der Waals surface area (Å²) in [6, 6.07) is 19.7. The van der Waals surface area contributed by atoms with Crippen LogP contribution in [0.4, 0.5) is 11.4 Å². The molecule has 0 aliphatic carbocycles. The van der Waals surface area contributed by atoms with Crippen molar-refractivity contribution in [3.05, 3.63) is 77.3 Å². The van der Waals surface area contributed by atoms with E-state index in [1.807, 2.05) is 61.2 Å². The summed E-state index contributed by atoms with van der Waals surface area (Å²) < 4.78 is 18.3. The number of hydrogen-bond acceptors (Lipinski definition) is 5. The third-order valence-electron chi connectivity index (χ3n) is 6.51. The molecule has 2 aliphatic heterocycles. The molecule has 3 aromatic rings. The lowest BCUT2D eigenvalue weighted by molar-refractivity contribution is -0.130. The molecule has 3 atom stereocenters. The zero-order valence-electron chi connectivity index (χ0n) is 20.1. The molecule has 1 saturated heterocycles. The Bertz CT molecular complexity index is 1320. The van der Waals surface area contributed by atoms with Gasteiger partial charge in [-0.2, -0.15) is 0 Å². The van der Waals surface area contributed by atoms with E-state index in [9.17, 15) is 4.79 Å². The average Bonchev–Trinajstić information content (AvgIpc) is 2.86. The van der Waals surface area contributed by atoms with E-state index >= 15 is 0 Å². The van der Waals surface area contributed by atoms with Crippen LogP contribution in [0.3, 0.4) is 0 Å². The van der Waals surface area contributed by atoms with E-state index in [2.05, 4.69) is 10.6 Å². The second-order valence-electron chi connectivity index (χ2n) is 8.67. The number of halogens is 1. The van der Waals surface area contributed by atoms with Gasteiger partial charge in [0.2, 0.25) is 5.91 Å². The molecule has 5 rings (SSSR count). The maximum atomic E-state index is 13.9. The molecule has 0 aromatic heterocycles. The Balaban J connectivity index is 1.66. The third-order valence-corrected chi connectivity index (χ3v) is 7.06. The molecule has 1 fully saturated rings. The standard InChI is InChI=1S/C27H26ClN3O4S/c1-4-34-21-11-7-8-18-23-22(25(32)29-17-14-12-16(28)13-15-17)27(2,35-24(18)21)31(26(36)30-23)19-9-5-6-10-20(19)33-3/h5-15,22-23H,4H2,1-3H3,(H,29,32)(H,30,36). The molecule has 3 unspecified atom stereocenters. The predicted molar refractivity (Wildman–Crippen MR) is 144 cm³/mol. The van der Waals surface area contributed by atoms with Gasteiger partial charge in [0.15, 0.2) is 22.3 Å². The summed E-state index contributed by atoms with van der Waals surface area (Å²) in [5, 5.41) is 7.45. The zero-order chi connectivity index (χ0) is 25.4. The number of nitrogens with one attached hydrogen (secondary N) is 2. The number of anilines is 2. The summed E-state index contributed by atoms with van der Waals surface area (Å²) >= 11 is 11.9. The van der Waals surface area contributed by atoms with E-state index in [-0.39, 0.29) is 5.91 Å². The number of rotatable bonds is 6. The van der Waals surface area contributed by atoms with Crippen molar-refractivity contribution in [1.82, 2.24) is 5.32 Å². The highest BCUT2D eigenvalue weighted by Crippen LogP contribution is 2.53. The first-order chi connectivity index (χ1) is 17.4. The number of methoxy groups -OCH3 is 1. The molecule has 3 aromatic carbocycles. The highest BCUT2D eigenvalue weighted by molar-refractivity contribution is 7.80. The Morgan fingerprint density at radius 2 is 1.86 bits per heavy atom. The van der Waals surface area contributed by atoms with Crippen molar-refractivity contribution in [2.45, 2.75) is 25.6 Å². The van der Waals surface area contributed by atoms with Crippen molar-refractivity contribution >= 4 is 46.2 Å². The van der Waals surface area contributed by atoms with Crippen LogP contribution in [-0.4, -0.2) is 30.5 Å². The smallest absolute Gasteiger partial charge is 0.236 e. The van der Waals surface area contributed by atoms with Gasteiger partial charge in [0.25, 0.3) is 0 Å². The van der Waals surface area contributed by atoms with E-state index in [1.165, 1.54) is 0 Å². The fourth-order valence-electron chi connectivity index (χ4n) is 4.97. The fourth-order valence-corrected chi connectivity index (χ4v) is 5.50. The second-order valence-corrected chi connectivity index (χ2v) is 9.50. The molecule has 7 nitrogen and oxygen atoms in total. The highest BCUT2D eigenvalue weighted by Gasteiger charge is 2.60. The van der Waals surface area contributed by atoms with Gasteiger partial charge in [-0.15, -0.1) is 0 Å². The summed E-state index contributed by atoms with van der Waals surface area (Å²) in [5.74, 6) is 0.863. The number of hydrogen-bond donors (Lipinski definition) is 2. The lowest BCUT2D eigenvalue weighted by Gasteiger charge is -2.56. The van der Waals surface area contributed by atoms with Gasteiger partial charge < -0.3 is 24.8 Å². The van der Waals surface area contributed by atoms with Gasteiger partial charge in [0.1, 0.15) is 11.7 Å². The van der Waals surface area contributed by atoms with Crippen LogP contribution >= 0.6 is 23.8 Å². The van der Waals surface area contributed by atoms with E-state index < -0.39 is 17.7 Å². The number of carbonyl (C=O) groups excluding carboxylic acids is 1. The summed E-state index contributed by atoms with van der Waals surface area (Å²) in [6.07, 6.45) is 0. The Morgan fingerprint density at radius 1 is 1.14 bits per heavy atom.